The van der Waals surface area contributed by atoms with E-state index in [2.05, 4.69) is 382 Å². The Morgan fingerprint density at radius 1 is 0.121 bits per heavy atom. The highest BCUT2D eigenvalue weighted by molar-refractivity contribution is 6.98. The smallest absolute Gasteiger partial charge is 0.0622 e. The minimum absolute atomic E-state index is 0.514. The summed E-state index contributed by atoms with van der Waals surface area (Å²) in [6.07, 6.45) is 0. The van der Waals surface area contributed by atoms with Crippen LogP contribution in [0.2, 0.25) is 0 Å². The molecule has 15 aromatic carbocycles. The van der Waals surface area contributed by atoms with E-state index in [1.165, 1.54) is 49.8 Å². The molecular formula is C90H63B. The molecule has 0 nitrogen and oxygen atoms in total. The van der Waals surface area contributed by atoms with Crippen molar-refractivity contribution in [3.8, 4) is 134 Å². The molecule has 426 valence electrons. The second kappa shape index (κ2) is 25.6. The SMILES string of the molecule is c1ccc(-c2cc(B(c3cc(-c4ccccc4)c(-c4ccccc4)c(-c4ccccc4)c3-c3ccccc3)c3cc(-c4ccccc4)c(-c4ccccc4)c(-c4ccccc4)c3-c3ccccc3)c(-c3ccccc3)c(-c3ccccc3)c2-c2ccccc2)cc1. The van der Waals surface area contributed by atoms with Crippen LogP contribution in [0.5, 0.6) is 0 Å². The zero-order valence-electron chi connectivity index (χ0n) is 50.5. The molecule has 0 aliphatic carbocycles. The van der Waals surface area contributed by atoms with Crippen molar-refractivity contribution in [2.75, 3.05) is 0 Å². The van der Waals surface area contributed by atoms with Gasteiger partial charge < -0.3 is 0 Å². The summed E-state index contributed by atoms with van der Waals surface area (Å²) in [5.74, 6) is 0. The number of hydrogen-bond donors (Lipinski definition) is 0. The lowest BCUT2D eigenvalue weighted by Gasteiger charge is -2.33. The topological polar surface area (TPSA) is 0 Å². The average molecular weight is 1160 g/mol. The van der Waals surface area contributed by atoms with Gasteiger partial charge in [0.25, 0.3) is 0 Å². The van der Waals surface area contributed by atoms with Gasteiger partial charge in [0.15, 0.2) is 0 Å². The lowest BCUT2D eigenvalue weighted by molar-refractivity contribution is 1.54. The summed E-state index contributed by atoms with van der Waals surface area (Å²) in [6.45, 7) is -0.514. The predicted octanol–water partition coefficient (Wildman–Crippen LogP) is 22.2. The Balaban J connectivity index is 1.27. The van der Waals surface area contributed by atoms with Crippen molar-refractivity contribution >= 4 is 23.1 Å². The Morgan fingerprint density at radius 2 is 0.253 bits per heavy atom. The lowest BCUT2D eigenvalue weighted by atomic mass is 9.33. The van der Waals surface area contributed by atoms with Crippen molar-refractivity contribution in [2.24, 2.45) is 0 Å². The lowest BCUT2D eigenvalue weighted by Crippen LogP contribution is -2.55. The third-order valence-electron chi connectivity index (χ3n) is 17.8. The third-order valence-corrected chi connectivity index (χ3v) is 17.8. The van der Waals surface area contributed by atoms with Crippen LogP contribution in [0.4, 0.5) is 0 Å². The molecule has 0 unspecified atom stereocenters. The number of rotatable bonds is 15. The standard InChI is InChI=1S/C90H63B/c1-13-37-64(38-14-1)76-61-79(85(70-49-25-7-26-50-70)88(73-55-31-10-32-56-73)82(76)67-43-19-4-20-44-67)91(80-62-77(65-39-15-2-16-40-65)83(68-45-21-5-22-46-68)89(74-57-33-11-34-58-74)86(80)71-51-27-8-28-52-71)81-63-78(66-41-17-3-18-42-66)84(69-47-23-6-24-48-69)90(75-59-35-12-36-60-75)87(81)72-53-29-9-30-54-72/h1-63H. The molecule has 91 heavy (non-hydrogen) atoms. The molecule has 0 aromatic heterocycles. The largest absolute Gasteiger partial charge is 0.243 e. The molecule has 0 saturated carbocycles. The maximum Gasteiger partial charge on any atom is 0.243 e. The van der Waals surface area contributed by atoms with Crippen molar-refractivity contribution in [3.63, 3.8) is 0 Å². The van der Waals surface area contributed by atoms with Gasteiger partial charge in [-0.15, -0.1) is 0 Å². The van der Waals surface area contributed by atoms with Crippen LogP contribution >= 0.6 is 0 Å². The van der Waals surface area contributed by atoms with Crippen LogP contribution in [0.25, 0.3) is 134 Å². The van der Waals surface area contributed by atoms with Gasteiger partial charge >= 0.3 is 0 Å². The summed E-state index contributed by atoms with van der Waals surface area (Å²) in [7, 11) is 0. The van der Waals surface area contributed by atoms with E-state index in [0.717, 1.165) is 100 Å². The Labute approximate surface area is 535 Å². The molecule has 0 heterocycles. The fourth-order valence-corrected chi connectivity index (χ4v) is 14.0. The molecule has 0 saturated heterocycles. The number of benzene rings is 15. The van der Waals surface area contributed by atoms with Gasteiger partial charge in [-0.25, -0.2) is 0 Å². The maximum atomic E-state index is 2.60. The Bertz CT molecular complexity index is 4420. The van der Waals surface area contributed by atoms with Gasteiger partial charge in [-0.05, 0) is 134 Å². The van der Waals surface area contributed by atoms with E-state index in [4.69, 9.17) is 0 Å². The molecule has 0 aliphatic heterocycles. The molecule has 0 N–H and O–H groups in total. The van der Waals surface area contributed by atoms with Gasteiger partial charge in [0.2, 0.25) is 6.71 Å². The van der Waals surface area contributed by atoms with E-state index in [1.54, 1.807) is 0 Å². The minimum Gasteiger partial charge on any atom is -0.0622 e. The molecule has 0 aliphatic rings. The van der Waals surface area contributed by atoms with Crippen LogP contribution in [0.3, 0.4) is 0 Å². The van der Waals surface area contributed by atoms with E-state index in [9.17, 15) is 0 Å². The molecule has 0 radical (unpaired) electrons. The van der Waals surface area contributed by atoms with Crippen LogP contribution in [0.15, 0.2) is 382 Å². The highest BCUT2D eigenvalue weighted by Crippen LogP contribution is 2.50. The summed E-state index contributed by atoms with van der Waals surface area (Å²) >= 11 is 0. The quantitative estimate of drug-likeness (QED) is 0.0898. The monoisotopic (exact) mass is 1150 g/mol. The fourth-order valence-electron chi connectivity index (χ4n) is 14.0. The van der Waals surface area contributed by atoms with Gasteiger partial charge in [0.05, 0.1) is 0 Å². The van der Waals surface area contributed by atoms with E-state index < -0.39 is 6.71 Å². The molecule has 15 aromatic rings. The van der Waals surface area contributed by atoms with Gasteiger partial charge in [-0.3, -0.25) is 0 Å². The Kier molecular flexibility index (Phi) is 15.7. The zero-order valence-corrected chi connectivity index (χ0v) is 50.5. The second-order valence-electron chi connectivity index (χ2n) is 23.2. The summed E-state index contributed by atoms with van der Waals surface area (Å²) < 4.78 is 0. The first-order valence-corrected chi connectivity index (χ1v) is 31.5. The normalized spacial score (nSPS) is 11.1. The van der Waals surface area contributed by atoms with E-state index in [1.807, 2.05) is 0 Å². The van der Waals surface area contributed by atoms with Crippen LogP contribution in [-0.2, 0) is 0 Å². The Morgan fingerprint density at radius 3 is 0.418 bits per heavy atom. The van der Waals surface area contributed by atoms with Crippen molar-refractivity contribution in [1.29, 1.82) is 0 Å². The first kappa shape index (κ1) is 55.9. The third kappa shape index (κ3) is 10.9. The molecule has 1 heteroatoms. The summed E-state index contributed by atoms with van der Waals surface area (Å²) in [6, 6.07) is 142. The fraction of sp³-hybridized carbons (Fsp3) is 0. The van der Waals surface area contributed by atoms with Crippen molar-refractivity contribution < 1.29 is 0 Å². The van der Waals surface area contributed by atoms with Crippen molar-refractivity contribution in [2.45, 2.75) is 0 Å². The summed E-state index contributed by atoms with van der Waals surface area (Å²) in [4.78, 5) is 0. The van der Waals surface area contributed by atoms with Gasteiger partial charge in [-0.1, -0.05) is 399 Å². The molecule has 0 spiro atoms. The summed E-state index contributed by atoms with van der Waals surface area (Å²) in [5.41, 5.74) is 31.1. The van der Waals surface area contributed by atoms with Crippen molar-refractivity contribution in [3.05, 3.63) is 382 Å². The minimum atomic E-state index is -0.514. The molecule has 15 rings (SSSR count). The van der Waals surface area contributed by atoms with Gasteiger partial charge in [-0.2, -0.15) is 0 Å². The maximum absolute atomic E-state index is 2.60. The zero-order chi connectivity index (χ0) is 60.7. The van der Waals surface area contributed by atoms with Crippen LogP contribution in [0, 0.1) is 0 Å². The van der Waals surface area contributed by atoms with Gasteiger partial charge in [0.1, 0.15) is 0 Å². The van der Waals surface area contributed by atoms with Crippen LogP contribution in [0.1, 0.15) is 0 Å². The molecule has 0 amide bonds. The average Bonchev–Trinajstić information content (AvgIpc) is 0.730. The van der Waals surface area contributed by atoms with Crippen molar-refractivity contribution in [1.82, 2.24) is 0 Å². The first-order valence-electron chi connectivity index (χ1n) is 31.5. The van der Waals surface area contributed by atoms with E-state index in [-0.39, 0.29) is 0 Å². The van der Waals surface area contributed by atoms with Crippen LogP contribution in [-0.4, -0.2) is 6.71 Å². The summed E-state index contributed by atoms with van der Waals surface area (Å²) in [5, 5.41) is 0. The molecule has 0 bridgehead atoms. The van der Waals surface area contributed by atoms with Gasteiger partial charge in [0, 0.05) is 0 Å². The van der Waals surface area contributed by atoms with Crippen LogP contribution < -0.4 is 16.4 Å². The predicted molar refractivity (Wildman–Crippen MR) is 389 cm³/mol. The first-order chi connectivity index (χ1) is 45.2. The molecule has 0 atom stereocenters. The Hall–Kier alpha value is -11.6. The molecule has 0 fully saturated rings. The number of hydrogen-bond acceptors (Lipinski definition) is 0. The van der Waals surface area contributed by atoms with E-state index in [0.29, 0.717) is 0 Å². The second-order valence-corrected chi connectivity index (χ2v) is 23.2. The van der Waals surface area contributed by atoms with E-state index >= 15 is 0 Å². The molecular weight excluding hydrogens is 1090 g/mol. The highest BCUT2D eigenvalue weighted by atomic mass is 14.3. The highest BCUT2D eigenvalue weighted by Gasteiger charge is 2.38.